The normalized spacial score (nSPS) is 20.0. The van der Waals surface area contributed by atoms with Crippen molar-refractivity contribution in [1.82, 2.24) is 4.98 Å². The van der Waals surface area contributed by atoms with Crippen LogP contribution in [0.3, 0.4) is 0 Å². The van der Waals surface area contributed by atoms with Gasteiger partial charge in [0, 0.05) is 22.7 Å². The molecule has 5 nitrogen and oxygen atoms in total. The molecule has 5 heteroatoms. The van der Waals surface area contributed by atoms with Gasteiger partial charge in [0.1, 0.15) is 0 Å². The second-order valence-electron chi connectivity index (χ2n) is 5.15. The number of H-pyrrole nitrogens is 1. The quantitative estimate of drug-likeness (QED) is 0.762. The maximum atomic E-state index is 11.6. The molecule has 4 rings (SSSR count). The Kier molecular flexibility index (Phi) is 2.79. The molecule has 2 heterocycles. The van der Waals surface area contributed by atoms with Crippen LogP contribution in [0.4, 0.5) is 0 Å². The molecule has 1 aliphatic heterocycles. The molecule has 0 saturated carbocycles. The number of carboxylic acids is 1. The topological polar surface area (TPSA) is 71.6 Å². The van der Waals surface area contributed by atoms with Crippen LogP contribution in [0.25, 0.3) is 10.9 Å². The van der Waals surface area contributed by atoms with Crippen molar-refractivity contribution in [1.29, 1.82) is 0 Å². The van der Waals surface area contributed by atoms with E-state index in [0.29, 0.717) is 11.5 Å². The molecule has 110 valence electrons. The summed E-state index contributed by atoms with van der Waals surface area (Å²) in [6.07, 6.45) is -0.0135. The van der Waals surface area contributed by atoms with Crippen LogP contribution in [0.1, 0.15) is 11.7 Å². The summed E-state index contributed by atoms with van der Waals surface area (Å²) in [5, 5.41) is 10.4. The summed E-state index contributed by atoms with van der Waals surface area (Å²) >= 11 is 0. The summed E-state index contributed by atoms with van der Waals surface area (Å²) in [5.41, 5.74) is 1.71. The van der Waals surface area contributed by atoms with Crippen LogP contribution in [0.5, 0.6) is 11.5 Å². The number of rotatable bonds is 2. The molecule has 1 aromatic heterocycles. The molecule has 2 atom stereocenters. The number of aromatic amines is 1. The minimum atomic E-state index is -1.09. The molecule has 2 aromatic carbocycles. The van der Waals surface area contributed by atoms with Gasteiger partial charge in [-0.3, -0.25) is 0 Å². The van der Waals surface area contributed by atoms with Gasteiger partial charge in [0.15, 0.2) is 17.6 Å². The largest absolute Gasteiger partial charge is 0.478 e. The van der Waals surface area contributed by atoms with Crippen LogP contribution < -0.4 is 9.47 Å². The number of aromatic nitrogens is 1. The van der Waals surface area contributed by atoms with E-state index >= 15 is 0 Å². The SMILES string of the molecule is O=C(O)C1Oc2ccccc2OC1c1c[nH]c2ccccc12. The van der Waals surface area contributed by atoms with Gasteiger partial charge in [-0.05, 0) is 18.2 Å². The van der Waals surface area contributed by atoms with Gasteiger partial charge in [0.2, 0.25) is 6.10 Å². The molecular weight excluding hydrogens is 282 g/mol. The lowest BCUT2D eigenvalue weighted by Gasteiger charge is -2.31. The van der Waals surface area contributed by atoms with E-state index in [2.05, 4.69) is 4.98 Å². The number of hydrogen-bond acceptors (Lipinski definition) is 3. The van der Waals surface area contributed by atoms with Gasteiger partial charge in [0.25, 0.3) is 0 Å². The molecule has 3 aromatic rings. The lowest BCUT2D eigenvalue weighted by molar-refractivity contribution is -0.151. The van der Waals surface area contributed by atoms with Gasteiger partial charge in [-0.15, -0.1) is 0 Å². The van der Waals surface area contributed by atoms with Crippen molar-refractivity contribution < 1.29 is 19.4 Å². The molecule has 0 fully saturated rings. The summed E-state index contributed by atoms with van der Waals surface area (Å²) in [6.45, 7) is 0. The highest BCUT2D eigenvalue weighted by molar-refractivity contribution is 5.85. The summed E-state index contributed by atoms with van der Waals surface area (Å²) in [5.74, 6) is -0.0499. The molecule has 0 radical (unpaired) electrons. The molecule has 0 spiro atoms. The van der Waals surface area contributed by atoms with E-state index in [1.165, 1.54) is 0 Å². The van der Waals surface area contributed by atoms with Crippen LogP contribution in [0.2, 0.25) is 0 Å². The third-order valence-electron chi connectivity index (χ3n) is 3.80. The molecule has 0 aliphatic carbocycles. The fourth-order valence-corrected chi connectivity index (χ4v) is 2.78. The molecule has 0 saturated heterocycles. The zero-order valence-electron chi connectivity index (χ0n) is 11.5. The maximum absolute atomic E-state index is 11.6. The molecule has 2 unspecified atom stereocenters. The van der Waals surface area contributed by atoms with Crippen molar-refractivity contribution >= 4 is 16.9 Å². The average Bonchev–Trinajstić information content (AvgIpc) is 2.97. The standard InChI is InChI=1S/C17H13NO4/c19-17(20)16-15(21-13-7-3-4-8-14(13)22-16)11-9-18-12-6-2-1-5-10(11)12/h1-9,15-16,18H,(H,19,20). The smallest absolute Gasteiger partial charge is 0.349 e. The van der Waals surface area contributed by atoms with Gasteiger partial charge in [-0.1, -0.05) is 30.3 Å². The lowest BCUT2D eigenvalue weighted by Crippen LogP contribution is -2.39. The van der Waals surface area contributed by atoms with Gasteiger partial charge in [0.05, 0.1) is 0 Å². The Labute approximate surface area is 126 Å². The first-order valence-corrected chi connectivity index (χ1v) is 6.95. The first-order valence-electron chi connectivity index (χ1n) is 6.95. The minimum Gasteiger partial charge on any atom is -0.478 e. The van der Waals surface area contributed by atoms with Crippen molar-refractivity contribution in [3.63, 3.8) is 0 Å². The lowest BCUT2D eigenvalue weighted by atomic mass is 10.0. The zero-order chi connectivity index (χ0) is 15.1. The number of benzene rings is 2. The predicted octanol–water partition coefficient (Wildman–Crippen LogP) is 3.13. The Hall–Kier alpha value is -2.95. The number of aliphatic carboxylic acids is 1. The van der Waals surface area contributed by atoms with Gasteiger partial charge < -0.3 is 19.6 Å². The highest BCUT2D eigenvalue weighted by Crippen LogP contribution is 2.41. The Bertz CT molecular complexity index is 854. The van der Waals surface area contributed by atoms with E-state index in [1.54, 1.807) is 24.4 Å². The van der Waals surface area contributed by atoms with Gasteiger partial charge in [-0.25, -0.2) is 4.79 Å². The first kappa shape index (κ1) is 12.8. The summed E-state index contributed by atoms with van der Waals surface area (Å²) in [6, 6.07) is 14.8. The van der Waals surface area contributed by atoms with E-state index < -0.39 is 18.2 Å². The monoisotopic (exact) mass is 295 g/mol. The first-order chi connectivity index (χ1) is 10.7. The van der Waals surface area contributed by atoms with E-state index in [9.17, 15) is 9.90 Å². The van der Waals surface area contributed by atoms with Crippen LogP contribution >= 0.6 is 0 Å². The molecule has 0 amide bonds. The molecule has 1 aliphatic rings. The van der Waals surface area contributed by atoms with Crippen molar-refractivity contribution in [2.45, 2.75) is 12.2 Å². The van der Waals surface area contributed by atoms with Crippen molar-refractivity contribution in [2.75, 3.05) is 0 Å². The number of para-hydroxylation sites is 3. The Morgan fingerprint density at radius 2 is 1.68 bits per heavy atom. The summed E-state index contributed by atoms with van der Waals surface area (Å²) in [7, 11) is 0. The Morgan fingerprint density at radius 1 is 1.00 bits per heavy atom. The Balaban J connectivity index is 1.84. The van der Waals surface area contributed by atoms with E-state index in [-0.39, 0.29) is 0 Å². The fourth-order valence-electron chi connectivity index (χ4n) is 2.78. The van der Waals surface area contributed by atoms with Crippen LogP contribution in [0.15, 0.2) is 54.7 Å². The number of ether oxygens (including phenoxy) is 2. The van der Waals surface area contributed by atoms with E-state index in [4.69, 9.17) is 9.47 Å². The average molecular weight is 295 g/mol. The zero-order valence-corrected chi connectivity index (χ0v) is 11.5. The van der Waals surface area contributed by atoms with Crippen LogP contribution in [-0.4, -0.2) is 22.2 Å². The number of hydrogen-bond donors (Lipinski definition) is 2. The Morgan fingerprint density at radius 3 is 2.45 bits per heavy atom. The van der Waals surface area contributed by atoms with Gasteiger partial charge in [-0.2, -0.15) is 0 Å². The van der Waals surface area contributed by atoms with E-state index in [1.807, 2.05) is 30.3 Å². The summed E-state index contributed by atoms with van der Waals surface area (Å²) in [4.78, 5) is 14.7. The van der Waals surface area contributed by atoms with Crippen LogP contribution in [0, 0.1) is 0 Å². The second kappa shape index (κ2) is 4.80. The van der Waals surface area contributed by atoms with Crippen molar-refractivity contribution in [2.24, 2.45) is 0 Å². The summed E-state index contributed by atoms with van der Waals surface area (Å²) < 4.78 is 11.6. The number of carboxylic acid groups (broad SMARTS) is 1. The van der Waals surface area contributed by atoms with Gasteiger partial charge >= 0.3 is 5.97 Å². The number of fused-ring (bicyclic) bond motifs is 2. The highest BCUT2D eigenvalue weighted by Gasteiger charge is 2.39. The predicted molar refractivity (Wildman–Crippen MR) is 80.2 cm³/mol. The van der Waals surface area contributed by atoms with E-state index in [0.717, 1.165) is 16.5 Å². The maximum Gasteiger partial charge on any atom is 0.349 e. The fraction of sp³-hybridized carbons (Fsp3) is 0.118. The number of carbonyl (C=O) groups is 1. The third-order valence-corrected chi connectivity index (χ3v) is 3.80. The number of nitrogens with one attached hydrogen (secondary N) is 1. The second-order valence-corrected chi connectivity index (χ2v) is 5.15. The third kappa shape index (κ3) is 1.90. The molecule has 2 N–H and O–H groups in total. The van der Waals surface area contributed by atoms with Crippen LogP contribution in [-0.2, 0) is 4.79 Å². The molecule has 22 heavy (non-hydrogen) atoms. The van der Waals surface area contributed by atoms with Crippen molar-refractivity contribution in [3.8, 4) is 11.5 Å². The highest BCUT2D eigenvalue weighted by atomic mass is 16.6. The molecule has 0 bridgehead atoms. The minimum absolute atomic E-state index is 0.450. The molecular formula is C17H13NO4. The van der Waals surface area contributed by atoms with Crippen molar-refractivity contribution in [3.05, 3.63) is 60.3 Å².